The van der Waals surface area contributed by atoms with Gasteiger partial charge >= 0.3 is 0 Å². The van der Waals surface area contributed by atoms with Crippen LogP contribution in [0.5, 0.6) is 0 Å². The van der Waals surface area contributed by atoms with Crippen LogP contribution in [0.4, 0.5) is 5.69 Å². The summed E-state index contributed by atoms with van der Waals surface area (Å²) in [5.41, 5.74) is 3.01. The van der Waals surface area contributed by atoms with Crippen LogP contribution in [0.2, 0.25) is 0 Å². The van der Waals surface area contributed by atoms with Gasteiger partial charge in [-0.3, -0.25) is 10.1 Å². The van der Waals surface area contributed by atoms with E-state index < -0.39 is 4.92 Å². The highest BCUT2D eigenvalue weighted by molar-refractivity contribution is 7.11. The first-order valence-corrected chi connectivity index (χ1v) is 8.59. The van der Waals surface area contributed by atoms with Crippen LogP contribution >= 0.6 is 11.3 Å². The van der Waals surface area contributed by atoms with Crippen molar-refractivity contribution in [2.75, 3.05) is 0 Å². The maximum absolute atomic E-state index is 10.7. The van der Waals surface area contributed by atoms with Crippen molar-refractivity contribution in [3.8, 4) is 17.3 Å². The molecule has 0 spiro atoms. The molecule has 0 atom stereocenters. The molecule has 0 fully saturated rings. The number of non-ortho nitro benzene ring substituents is 1. The first-order valence-electron chi connectivity index (χ1n) is 7.71. The van der Waals surface area contributed by atoms with E-state index in [1.165, 1.54) is 23.5 Å². The molecule has 0 saturated heterocycles. The molecule has 0 aliphatic rings. The van der Waals surface area contributed by atoms with E-state index in [4.69, 9.17) is 0 Å². The number of nitro benzene ring substituents is 1. The van der Waals surface area contributed by atoms with Crippen molar-refractivity contribution >= 4 is 28.7 Å². The Morgan fingerprint density at radius 2 is 1.88 bits per heavy atom. The van der Waals surface area contributed by atoms with E-state index in [-0.39, 0.29) is 5.69 Å². The molecule has 0 saturated carbocycles. The van der Waals surface area contributed by atoms with E-state index in [2.05, 4.69) is 11.1 Å². The van der Waals surface area contributed by atoms with Crippen molar-refractivity contribution in [3.05, 3.63) is 92.8 Å². The fourth-order valence-corrected chi connectivity index (χ4v) is 3.06. The SMILES string of the molecule is N#CC(=CC=Cc1ccccc1)c1nc(-c2ccc([N+](=O)[O-])cc2)cs1. The number of benzene rings is 2. The summed E-state index contributed by atoms with van der Waals surface area (Å²) in [7, 11) is 0. The van der Waals surface area contributed by atoms with E-state index in [1.54, 1.807) is 18.2 Å². The lowest BCUT2D eigenvalue weighted by Gasteiger charge is -1.96. The first kappa shape index (κ1) is 17.3. The number of rotatable bonds is 5. The average molecular weight is 359 g/mol. The molecule has 6 heteroatoms. The predicted octanol–water partition coefficient (Wildman–Crippen LogP) is 5.34. The molecule has 5 nitrogen and oxygen atoms in total. The van der Waals surface area contributed by atoms with Gasteiger partial charge in [-0.05, 0) is 23.8 Å². The van der Waals surface area contributed by atoms with Gasteiger partial charge in [-0.1, -0.05) is 42.5 Å². The molecule has 0 amide bonds. The molecule has 1 heterocycles. The molecular weight excluding hydrogens is 346 g/mol. The molecule has 126 valence electrons. The van der Waals surface area contributed by atoms with Crippen LogP contribution in [0.25, 0.3) is 22.9 Å². The summed E-state index contributed by atoms with van der Waals surface area (Å²) >= 11 is 1.36. The number of nitriles is 1. The zero-order valence-corrected chi connectivity index (χ0v) is 14.4. The van der Waals surface area contributed by atoms with Crippen molar-refractivity contribution in [3.63, 3.8) is 0 Å². The molecule has 3 aromatic rings. The molecular formula is C20H13N3O2S. The second-order valence-corrected chi connectivity index (χ2v) is 6.16. The molecule has 2 aromatic carbocycles. The van der Waals surface area contributed by atoms with Gasteiger partial charge in [0.25, 0.3) is 5.69 Å². The van der Waals surface area contributed by atoms with Gasteiger partial charge in [0, 0.05) is 23.1 Å². The predicted molar refractivity (Wildman–Crippen MR) is 103 cm³/mol. The molecule has 0 aliphatic carbocycles. The van der Waals surface area contributed by atoms with E-state index >= 15 is 0 Å². The fraction of sp³-hybridized carbons (Fsp3) is 0. The molecule has 0 unspecified atom stereocenters. The van der Waals surface area contributed by atoms with Crippen molar-refractivity contribution in [1.82, 2.24) is 4.98 Å². The number of thiazole rings is 1. The largest absolute Gasteiger partial charge is 0.269 e. The third-order valence-corrected chi connectivity index (χ3v) is 4.46. The Labute approximate surface area is 154 Å². The van der Waals surface area contributed by atoms with Gasteiger partial charge in [-0.2, -0.15) is 5.26 Å². The Hall–Kier alpha value is -3.56. The second kappa shape index (κ2) is 8.01. The van der Waals surface area contributed by atoms with E-state index in [0.717, 1.165) is 11.1 Å². The maximum atomic E-state index is 10.7. The van der Waals surface area contributed by atoms with Crippen LogP contribution in [-0.4, -0.2) is 9.91 Å². The van der Waals surface area contributed by atoms with Gasteiger partial charge in [0.2, 0.25) is 0 Å². The van der Waals surface area contributed by atoms with Gasteiger partial charge in [-0.15, -0.1) is 11.3 Å². The monoisotopic (exact) mass is 359 g/mol. The van der Waals surface area contributed by atoms with Crippen LogP contribution in [0, 0.1) is 21.4 Å². The van der Waals surface area contributed by atoms with Crippen LogP contribution in [0.15, 0.2) is 72.1 Å². The Morgan fingerprint density at radius 3 is 2.54 bits per heavy atom. The third kappa shape index (κ3) is 4.09. The van der Waals surface area contributed by atoms with Gasteiger partial charge in [0.1, 0.15) is 11.1 Å². The van der Waals surface area contributed by atoms with E-state index in [0.29, 0.717) is 16.3 Å². The number of nitrogens with zero attached hydrogens (tertiary/aromatic N) is 3. The second-order valence-electron chi connectivity index (χ2n) is 5.30. The van der Waals surface area contributed by atoms with Crippen molar-refractivity contribution in [2.24, 2.45) is 0 Å². The van der Waals surface area contributed by atoms with Crippen LogP contribution < -0.4 is 0 Å². The highest BCUT2D eigenvalue weighted by Gasteiger charge is 2.10. The lowest BCUT2D eigenvalue weighted by Crippen LogP contribution is -1.87. The summed E-state index contributed by atoms with van der Waals surface area (Å²) in [6.07, 6.45) is 5.47. The molecule has 26 heavy (non-hydrogen) atoms. The van der Waals surface area contributed by atoms with E-state index in [9.17, 15) is 15.4 Å². The molecule has 0 bridgehead atoms. The van der Waals surface area contributed by atoms with Crippen LogP contribution in [-0.2, 0) is 0 Å². The maximum Gasteiger partial charge on any atom is 0.269 e. The summed E-state index contributed by atoms with van der Waals surface area (Å²) in [5, 5.41) is 22.6. The quantitative estimate of drug-likeness (QED) is 0.266. The number of allylic oxidation sites excluding steroid dienone is 3. The third-order valence-electron chi connectivity index (χ3n) is 3.58. The van der Waals surface area contributed by atoms with Crippen molar-refractivity contribution < 1.29 is 4.92 Å². The normalized spacial score (nSPS) is 11.4. The van der Waals surface area contributed by atoms with E-state index in [1.807, 2.05) is 47.9 Å². The summed E-state index contributed by atoms with van der Waals surface area (Å²) in [4.78, 5) is 14.8. The van der Waals surface area contributed by atoms with Gasteiger partial charge in [0.05, 0.1) is 16.2 Å². The number of aromatic nitrogens is 1. The standard InChI is InChI=1S/C20H13N3O2S/c21-13-17(8-4-7-15-5-2-1-3-6-15)20-22-19(14-26-20)16-9-11-18(12-10-16)23(24)25/h1-12,14H. The molecule has 0 aliphatic heterocycles. The highest BCUT2D eigenvalue weighted by Crippen LogP contribution is 2.27. The molecule has 0 N–H and O–H groups in total. The lowest BCUT2D eigenvalue weighted by atomic mass is 10.1. The van der Waals surface area contributed by atoms with Crippen LogP contribution in [0.3, 0.4) is 0 Å². The highest BCUT2D eigenvalue weighted by atomic mass is 32.1. The minimum atomic E-state index is -0.439. The zero-order valence-electron chi connectivity index (χ0n) is 13.6. The first-order chi connectivity index (χ1) is 12.7. The van der Waals surface area contributed by atoms with Crippen LogP contribution in [0.1, 0.15) is 10.6 Å². The molecule has 1 aromatic heterocycles. The van der Waals surface area contributed by atoms with Crippen molar-refractivity contribution in [1.29, 1.82) is 5.26 Å². The van der Waals surface area contributed by atoms with Gasteiger partial charge in [0.15, 0.2) is 0 Å². The summed E-state index contributed by atoms with van der Waals surface area (Å²) in [5.74, 6) is 0. The number of nitro groups is 1. The minimum absolute atomic E-state index is 0.0351. The zero-order chi connectivity index (χ0) is 18.4. The minimum Gasteiger partial charge on any atom is -0.258 e. The van der Waals surface area contributed by atoms with Gasteiger partial charge in [-0.25, -0.2) is 4.98 Å². The number of hydrogen-bond donors (Lipinski definition) is 0. The fourth-order valence-electron chi connectivity index (χ4n) is 2.26. The molecule has 0 radical (unpaired) electrons. The Bertz CT molecular complexity index is 1010. The lowest BCUT2D eigenvalue weighted by molar-refractivity contribution is -0.384. The number of hydrogen-bond acceptors (Lipinski definition) is 5. The summed E-state index contributed by atoms with van der Waals surface area (Å²) < 4.78 is 0. The Morgan fingerprint density at radius 1 is 1.15 bits per heavy atom. The Kier molecular flexibility index (Phi) is 5.32. The topological polar surface area (TPSA) is 79.8 Å². The summed E-state index contributed by atoms with van der Waals surface area (Å²) in [6.45, 7) is 0. The molecule has 3 rings (SSSR count). The smallest absolute Gasteiger partial charge is 0.258 e. The van der Waals surface area contributed by atoms with Crippen molar-refractivity contribution in [2.45, 2.75) is 0 Å². The van der Waals surface area contributed by atoms with Gasteiger partial charge < -0.3 is 0 Å². The summed E-state index contributed by atoms with van der Waals surface area (Å²) in [6, 6.07) is 18.2. The average Bonchev–Trinajstić information content (AvgIpc) is 3.16. The Balaban J connectivity index is 1.80.